The predicted molar refractivity (Wildman–Crippen MR) is 47.2 cm³/mol. The lowest BCUT2D eigenvalue weighted by atomic mass is 10.3. The fraction of sp³-hybridized carbons (Fsp3) is 0.286. The lowest BCUT2D eigenvalue weighted by Crippen LogP contribution is -1.89. The van der Waals surface area contributed by atoms with Crippen molar-refractivity contribution >= 4 is 24.0 Å². The highest BCUT2D eigenvalue weighted by Crippen LogP contribution is 2.12. The molecule has 0 aliphatic carbocycles. The third-order valence-corrected chi connectivity index (χ3v) is 1.56. The van der Waals surface area contributed by atoms with Crippen molar-refractivity contribution in [2.75, 3.05) is 0 Å². The molecule has 0 fully saturated rings. The first-order valence-electron chi connectivity index (χ1n) is 2.97. The number of hydrogen-bond acceptors (Lipinski definition) is 2. The minimum atomic E-state index is -0.0495. The number of nitrogens with zero attached hydrogens (tertiary/aromatic N) is 1. The van der Waals surface area contributed by atoms with Gasteiger partial charge in [-0.3, -0.25) is 0 Å². The first-order valence-corrected chi connectivity index (χ1v) is 3.34. The van der Waals surface area contributed by atoms with Crippen molar-refractivity contribution in [1.82, 2.24) is 4.98 Å². The molecule has 0 saturated heterocycles. The molecule has 2 nitrogen and oxygen atoms in total. The number of hydrogen-bond donors (Lipinski definition) is 1. The molecular formula is C7H9Cl2NO. The Hall–Kier alpha value is -0.310. The third-order valence-electron chi connectivity index (χ3n) is 1.24. The number of aliphatic hydroxyl groups excluding tert-OH is 1. The Kier molecular flexibility index (Phi) is 4.42. The molecular weight excluding hydrogens is 185 g/mol. The second kappa shape index (κ2) is 4.54. The number of pyridine rings is 1. The quantitative estimate of drug-likeness (QED) is 0.693. The van der Waals surface area contributed by atoms with Gasteiger partial charge in [0.2, 0.25) is 0 Å². The number of halogens is 2. The van der Waals surface area contributed by atoms with Crippen molar-refractivity contribution in [3.8, 4) is 0 Å². The van der Waals surface area contributed by atoms with Gasteiger partial charge in [-0.2, -0.15) is 0 Å². The average Bonchev–Trinajstić information content (AvgIpc) is 1.88. The van der Waals surface area contributed by atoms with Crippen molar-refractivity contribution in [3.05, 3.63) is 28.5 Å². The Morgan fingerprint density at radius 1 is 1.55 bits per heavy atom. The zero-order valence-corrected chi connectivity index (χ0v) is 7.61. The molecule has 1 aromatic heterocycles. The number of aliphatic hydroxyl groups is 1. The van der Waals surface area contributed by atoms with E-state index < -0.39 is 0 Å². The summed E-state index contributed by atoms with van der Waals surface area (Å²) in [7, 11) is 0. The molecule has 62 valence electrons. The molecule has 0 aromatic carbocycles. The minimum Gasteiger partial charge on any atom is -0.392 e. The second-order valence-electron chi connectivity index (χ2n) is 2.06. The highest BCUT2D eigenvalue weighted by Gasteiger charge is 1.98. The van der Waals surface area contributed by atoms with E-state index in [1.165, 1.54) is 0 Å². The molecule has 0 unspecified atom stereocenters. The van der Waals surface area contributed by atoms with Crippen LogP contribution in [0, 0.1) is 6.92 Å². The van der Waals surface area contributed by atoms with Gasteiger partial charge in [0.15, 0.2) is 0 Å². The van der Waals surface area contributed by atoms with Crippen LogP contribution in [0.4, 0.5) is 0 Å². The minimum absolute atomic E-state index is 0. The standard InChI is InChI=1S/C7H8ClNO.ClH/c1-5-2-3-6(4-10)7(8)9-5;/h2-3,10H,4H2,1H3;1H. The lowest BCUT2D eigenvalue weighted by Gasteiger charge is -1.98. The summed E-state index contributed by atoms with van der Waals surface area (Å²) in [5, 5.41) is 9.08. The van der Waals surface area contributed by atoms with Gasteiger partial charge in [0, 0.05) is 11.3 Å². The van der Waals surface area contributed by atoms with Crippen molar-refractivity contribution < 1.29 is 5.11 Å². The molecule has 1 heterocycles. The van der Waals surface area contributed by atoms with Gasteiger partial charge in [0.25, 0.3) is 0 Å². The highest BCUT2D eigenvalue weighted by atomic mass is 35.5. The molecule has 1 N–H and O–H groups in total. The monoisotopic (exact) mass is 193 g/mol. The molecule has 11 heavy (non-hydrogen) atoms. The van der Waals surface area contributed by atoms with Crippen LogP contribution in [0.1, 0.15) is 11.3 Å². The van der Waals surface area contributed by atoms with E-state index in [1.54, 1.807) is 6.07 Å². The van der Waals surface area contributed by atoms with Gasteiger partial charge in [-0.1, -0.05) is 17.7 Å². The van der Waals surface area contributed by atoms with Gasteiger partial charge in [-0.05, 0) is 13.0 Å². The number of aromatic nitrogens is 1. The van der Waals surface area contributed by atoms with Gasteiger partial charge in [-0.25, -0.2) is 4.98 Å². The van der Waals surface area contributed by atoms with Gasteiger partial charge in [0.05, 0.1) is 6.61 Å². The summed E-state index contributed by atoms with van der Waals surface area (Å²) >= 11 is 5.66. The first kappa shape index (κ1) is 10.7. The van der Waals surface area contributed by atoms with Crippen molar-refractivity contribution in [2.24, 2.45) is 0 Å². The highest BCUT2D eigenvalue weighted by molar-refractivity contribution is 6.30. The molecule has 0 spiro atoms. The van der Waals surface area contributed by atoms with Crippen LogP contribution >= 0.6 is 24.0 Å². The van der Waals surface area contributed by atoms with Crippen LogP contribution < -0.4 is 0 Å². The smallest absolute Gasteiger partial charge is 0.134 e. The molecule has 0 atom stereocenters. The number of rotatable bonds is 1. The van der Waals surface area contributed by atoms with Gasteiger partial charge in [-0.15, -0.1) is 12.4 Å². The van der Waals surface area contributed by atoms with Crippen LogP contribution in [0.15, 0.2) is 12.1 Å². The Bertz CT molecular complexity index is 240. The topological polar surface area (TPSA) is 33.1 Å². The molecule has 0 aliphatic heterocycles. The van der Waals surface area contributed by atoms with E-state index in [4.69, 9.17) is 16.7 Å². The van der Waals surface area contributed by atoms with Crippen molar-refractivity contribution in [1.29, 1.82) is 0 Å². The lowest BCUT2D eigenvalue weighted by molar-refractivity contribution is 0.281. The van der Waals surface area contributed by atoms with E-state index in [1.807, 2.05) is 13.0 Å². The molecule has 0 radical (unpaired) electrons. The van der Waals surface area contributed by atoms with Crippen LogP contribution in [-0.4, -0.2) is 10.1 Å². The van der Waals surface area contributed by atoms with E-state index >= 15 is 0 Å². The summed E-state index contributed by atoms with van der Waals surface area (Å²) in [5.41, 5.74) is 1.54. The molecule has 1 rings (SSSR count). The molecule has 0 aliphatic rings. The normalized spacial score (nSPS) is 9.00. The molecule has 0 bridgehead atoms. The predicted octanol–water partition coefficient (Wildman–Crippen LogP) is 1.96. The second-order valence-corrected chi connectivity index (χ2v) is 2.42. The van der Waals surface area contributed by atoms with E-state index in [9.17, 15) is 0 Å². The third kappa shape index (κ3) is 2.66. The maximum absolute atomic E-state index is 8.68. The summed E-state index contributed by atoms with van der Waals surface area (Å²) in [4.78, 5) is 3.95. The van der Waals surface area contributed by atoms with Gasteiger partial charge >= 0.3 is 0 Å². The Morgan fingerprint density at radius 2 is 2.18 bits per heavy atom. The van der Waals surface area contributed by atoms with E-state index in [2.05, 4.69) is 4.98 Å². The summed E-state index contributed by atoms with van der Waals surface area (Å²) < 4.78 is 0. The summed E-state index contributed by atoms with van der Waals surface area (Å²) in [6.45, 7) is 1.80. The van der Waals surface area contributed by atoms with Gasteiger partial charge < -0.3 is 5.11 Å². The van der Waals surface area contributed by atoms with Gasteiger partial charge in [0.1, 0.15) is 5.15 Å². The zero-order chi connectivity index (χ0) is 7.56. The van der Waals surface area contributed by atoms with Crippen LogP contribution in [0.5, 0.6) is 0 Å². The first-order chi connectivity index (χ1) is 4.74. The SMILES string of the molecule is Cc1ccc(CO)c(Cl)n1.Cl. The number of aryl methyl sites for hydroxylation is 1. The van der Waals surface area contributed by atoms with E-state index in [-0.39, 0.29) is 19.0 Å². The van der Waals surface area contributed by atoms with Crippen molar-refractivity contribution in [2.45, 2.75) is 13.5 Å². The van der Waals surface area contributed by atoms with Crippen molar-refractivity contribution in [3.63, 3.8) is 0 Å². The Morgan fingerprint density at radius 3 is 2.64 bits per heavy atom. The largest absolute Gasteiger partial charge is 0.392 e. The summed E-state index contributed by atoms with van der Waals surface area (Å²) in [6, 6.07) is 3.59. The molecule has 0 amide bonds. The Balaban J connectivity index is 0.000001000. The molecule has 1 aromatic rings. The van der Waals surface area contributed by atoms with Crippen LogP contribution in [0.3, 0.4) is 0 Å². The zero-order valence-electron chi connectivity index (χ0n) is 6.04. The van der Waals surface area contributed by atoms with Crippen LogP contribution in [0.2, 0.25) is 5.15 Å². The van der Waals surface area contributed by atoms with Crippen LogP contribution in [-0.2, 0) is 6.61 Å². The molecule has 0 saturated carbocycles. The average molecular weight is 194 g/mol. The van der Waals surface area contributed by atoms with Crippen LogP contribution in [0.25, 0.3) is 0 Å². The molecule has 4 heteroatoms. The van der Waals surface area contributed by atoms with E-state index in [0.717, 1.165) is 5.69 Å². The maximum atomic E-state index is 8.68. The Labute approximate surface area is 76.6 Å². The summed E-state index contributed by atoms with van der Waals surface area (Å²) in [6.07, 6.45) is 0. The van der Waals surface area contributed by atoms with E-state index in [0.29, 0.717) is 10.7 Å². The maximum Gasteiger partial charge on any atom is 0.134 e. The fourth-order valence-electron chi connectivity index (χ4n) is 0.672. The fourth-order valence-corrected chi connectivity index (χ4v) is 0.928. The summed E-state index contributed by atoms with van der Waals surface area (Å²) in [5.74, 6) is 0.